The van der Waals surface area contributed by atoms with E-state index in [1.165, 1.54) is 7.11 Å². The predicted molar refractivity (Wildman–Crippen MR) is 170 cm³/mol. The number of amides is 2. The number of carbonyl (C=O) groups excluding carboxylic acids is 2. The van der Waals surface area contributed by atoms with E-state index in [9.17, 15) is 14.7 Å². The normalized spacial score (nSPS) is 15.1. The van der Waals surface area contributed by atoms with Crippen LogP contribution in [-0.2, 0) is 22.6 Å². The summed E-state index contributed by atoms with van der Waals surface area (Å²) in [5.74, 6) is 0.946. The number of esters is 1. The number of hydrogen-bond acceptors (Lipinski definition) is 9. The van der Waals surface area contributed by atoms with Crippen LogP contribution in [0.4, 0.5) is 4.79 Å². The van der Waals surface area contributed by atoms with Crippen LogP contribution in [0.5, 0.6) is 17.2 Å². The Balaban J connectivity index is 1.38. The van der Waals surface area contributed by atoms with Gasteiger partial charge in [-0.2, -0.15) is 5.10 Å². The van der Waals surface area contributed by atoms with Crippen LogP contribution in [0.25, 0.3) is 0 Å². The van der Waals surface area contributed by atoms with Gasteiger partial charge in [-0.1, -0.05) is 42.5 Å². The van der Waals surface area contributed by atoms with Gasteiger partial charge in [-0.3, -0.25) is 5.43 Å². The second-order valence-electron chi connectivity index (χ2n) is 10.0. The van der Waals surface area contributed by atoms with Crippen molar-refractivity contribution in [3.05, 3.63) is 113 Å². The van der Waals surface area contributed by atoms with Crippen molar-refractivity contribution in [2.24, 2.45) is 5.10 Å². The summed E-state index contributed by atoms with van der Waals surface area (Å²) >= 11 is 0. The molecule has 45 heavy (non-hydrogen) atoms. The molecule has 0 fully saturated rings. The van der Waals surface area contributed by atoms with Crippen LogP contribution in [-0.4, -0.2) is 49.9 Å². The molecule has 236 valence electrons. The van der Waals surface area contributed by atoms with Crippen LogP contribution in [0.15, 0.2) is 95.8 Å². The van der Waals surface area contributed by atoms with E-state index in [2.05, 4.69) is 27.7 Å². The minimum Gasteiger partial charge on any atom is -0.490 e. The molecule has 4 N–H and O–H groups in total. The van der Waals surface area contributed by atoms with Crippen molar-refractivity contribution in [2.75, 3.05) is 20.3 Å². The Morgan fingerprint density at radius 1 is 1.07 bits per heavy atom. The topological polar surface area (TPSA) is 140 Å². The molecule has 3 aromatic rings. The van der Waals surface area contributed by atoms with Crippen molar-refractivity contribution in [3.63, 3.8) is 0 Å². The first-order valence-corrected chi connectivity index (χ1v) is 14.5. The number of nitrogens with zero attached hydrogens (tertiary/aromatic N) is 1. The Kier molecular flexibility index (Phi) is 11.6. The molecule has 1 aliphatic heterocycles. The fraction of sp³-hybridized carbons (Fsp3) is 0.265. The third kappa shape index (κ3) is 8.87. The average Bonchev–Trinajstić information content (AvgIpc) is 3.04. The van der Waals surface area contributed by atoms with Gasteiger partial charge in [0.25, 0.3) is 0 Å². The van der Waals surface area contributed by atoms with Crippen LogP contribution in [0.1, 0.15) is 42.1 Å². The minimum atomic E-state index is -1.13. The highest BCUT2D eigenvalue weighted by molar-refractivity contribution is 5.95. The molecule has 2 amide bonds. The second kappa shape index (κ2) is 16.0. The van der Waals surface area contributed by atoms with Crippen molar-refractivity contribution in [1.29, 1.82) is 0 Å². The molecular weight excluding hydrogens is 576 g/mol. The zero-order valence-corrected chi connectivity index (χ0v) is 25.5. The van der Waals surface area contributed by atoms with Gasteiger partial charge in [-0.15, -0.1) is 6.58 Å². The van der Waals surface area contributed by atoms with Crippen LogP contribution < -0.4 is 30.3 Å². The molecule has 1 aliphatic rings. The number of nitrogens with one attached hydrogen (secondary N) is 3. The SMILES string of the molecule is C=CCc1cc(/C=N\N[C@@H](O)COc2ccc([C@H]3NC(=O)NC(C)=C3C(=O)OC)cc2OCC)ccc1OCc1ccccc1. The van der Waals surface area contributed by atoms with Gasteiger partial charge in [0.15, 0.2) is 17.7 Å². The van der Waals surface area contributed by atoms with Gasteiger partial charge >= 0.3 is 12.0 Å². The third-order valence-corrected chi connectivity index (χ3v) is 6.80. The first-order chi connectivity index (χ1) is 21.8. The summed E-state index contributed by atoms with van der Waals surface area (Å²) in [6.07, 6.45) is 2.91. The molecule has 0 aromatic heterocycles. The quantitative estimate of drug-likeness (QED) is 0.0645. The van der Waals surface area contributed by atoms with Crippen molar-refractivity contribution in [2.45, 2.75) is 39.1 Å². The molecule has 0 aliphatic carbocycles. The molecule has 0 saturated carbocycles. The molecule has 0 spiro atoms. The van der Waals surface area contributed by atoms with Crippen molar-refractivity contribution in [1.82, 2.24) is 16.1 Å². The summed E-state index contributed by atoms with van der Waals surface area (Å²) in [4.78, 5) is 24.6. The molecule has 0 radical (unpaired) electrons. The Labute approximate surface area is 262 Å². The van der Waals surface area contributed by atoms with Crippen LogP contribution >= 0.6 is 0 Å². The molecule has 0 bridgehead atoms. The lowest BCUT2D eigenvalue weighted by Crippen LogP contribution is -2.45. The van der Waals surface area contributed by atoms with Crippen LogP contribution in [0.2, 0.25) is 0 Å². The number of aliphatic hydroxyl groups excluding tert-OH is 1. The summed E-state index contributed by atoms with van der Waals surface area (Å²) in [5, 5.41) is 20.0. The van der Waals surface area contributed by atoms with E-state index in [0.29, 0.717) is 42.4 Å². The Morgan fingerprint density at radius 3 is 2.58 bits per heavy atom. The van der Waals surface area contributed by atoms with Crippen LogP contribution in [0.3, 0.4) is 0 Å². The lowest BCUT2D eigenvalue weighted by Gasteiger charge is -2.28. The van der Waals surface area contributed by atoms with Crippen LogP contribution in [0, 0.1) is 0 Å². The first kappa shape index (κ1) is 32.6. The number of methoxy groups -OCH3 is 1. The Morgan fingerprint density at radius 2 is 1.84 bits per heavy atom. The highest BCUT2D eigenvalue weighted by Crippen LogP contribution is 2.35. The number of hydrazone groups is 1. The summed E-state index contributed by atoms with van der Waals surface area (Å²) in [6, 6.07) is 19.5. The lowest BCUT2D eigenvalue weighted by atomic mass is 9.95. The van der Waals surface area contributed by atoms with Gasteiger partial charge in [0, 0.05) is 5.70 Å². The molecule has 1 heterocycles. The molecule has 11 nitrogen and oxygen atoms in total. The maximum atomic E-state index is 12.5. The van der Waals surface area contributed by atoms with Gasteiger partial charge in [0.2, 0.25) is 0 Å². The highest BCUT2D eigenvalue weighted by Gasteiger charge is 2.32. The smallest absolute Gasteiger partial charge is 0.337 e. The third-order valence-electron chi connectivity index (χ3n) is 6.80. The van der Waals surface area contributed by atoms with E-state index in [-0.39, 0.29) is 12.2 Å². The minimum absolute atomic E-state index is 0.138. The standard InChI is InChI=1S/C34H38N4O7/c1-5-10-25-17-24(13-15-27(25)44-20-23-11-8-7-9-12-23)19-35-38-30(39)21-45-28-16-14-26(18-29(28)43-6-2)32-31(33(40)42-4)22(3)36-34(41)37-32/h5,7-9,11-19,30,32,38-39H,1,6,10,20-21H2,2-4H3,(H2,36,37,41)/b35-19-/t30-,32+/m0/s1. The molecule has 11 heteroatoms. The molecule has 0 unspecified atom stereocenters. The Bertz CT molecular complexity index is 1560. The summed E-state index contributed by atoms with van der Waals surface area (Å²) < 4.78 is 22.5. The number of benzene rings is 3. The van der Waals surface area contributed by atoms with E-state index in [0.717, 1.165) is 22.4 Å². The zero-order valence-electron chi connectivity index (χ0n) is 25.5. The van der Waals surface area contributed by atoms with Gasteiger partial charge < -0.3 is 34.7 Å². The zero-order chi connectivity index (χ0) is 32.2. The molecule has 2 atom stereocenters. The number of ether oxygens (including phenoxy) is 4. The van der Waals surface area contributed by atoms with E-state index >= 15 is 0 Å². The van der Waals surface area contributed by atoms with Gasteiger partial charge in [-0.25, -0.2) is 9.59 Å². The average molecular weight is 615 g/mol. The Hall–Kier alpha value is -5.29. The molecule has 4 rings (SSSR count). The number of hydrogen-bond donors (Lipinski definition) is 4. The summed E-state index contributed by atoms with van der Waals surface area (Å²) in [5.41, 5.74) is 6.78. The number of carbonyl (C=O) groups is 2. The summed E-state index contributed by atoms with van der Waals surface area (Å²) in [7, 11) is 1.28. The number of rotatable bonds is 15. The van der Waals surface area contributed by atoms with E-state index in [1.54, 1.807) is 31.3 Å². The van der Waals surface area contributed by atoms with E-state index in [4.69, 9.17) is 18.9 Å². The van der Waals surface area contributed by atoms with Gasteiger partial charge in [-0.05, 0) is 72.9 Å². The fourth-order valence-electron chi connectivity index (χ4n) is 4.69. The van der Waals surface area contributed by atoms with E-state index in [1.807, 2.05) is 61.5 Å². The van der Waals surface area contributed by atoms with Crippen molar-refractivity contribution in [3.8, 4) is 17.2 Å². The van der Waals surface area contributed by atoms with E-state index < -0.39 is 24.3 Å². The lowest BCUT2D eigenvalue weighted by molar-refractivity contribution is -0.136. The maximum absolute atomic E-state index is 12.5. The number of urea groups is 1. The summed E-state index contributed by atoms with van der Waals surface area (Å²) in [6.45, 7) is 7.96. The monoisotopic (exact) mass is 614 g/mol. The van der Waals surface area contributed by atoms with Gasteiger partial charge in [0.1, 0.15) is 19.0 Å². The largest absolute Gasteiger partial charge is 0.490 e. The highest BCUT2D eigenvalue weighted by atomic mass is 16.5. The maximum Gasteiger partial charge on any atom is 0.337 e. The molecule has 3 aromatic carbocycles. The second-order valence-corrected chi connectivity index (χ2v) is 10.0. The van der Waals surface area contributed by atoms with Crippen molar-refractivity contribution >= 4 is 18.2 Å². The number of allylic oxidation sites excluding steroid dienone is 2. The molecule has 0 saturated heterocycles. The van der Waals surface area contributed by atoms with Crippen molar-refractivity contribution < 1.29 is 33.6 Å². The van der Waals surface area contributed by atoms with Gasteiger partial charge in [0.05, 0.1) is 31.5 Å². The molecular formula is C34H38N4O7. The number of aliphatic hydroxyl groups is 1. The first-order valence-electron chi connectivity index (χ1n) is 14.5. The fourth-order valence-corrected chi connectivity index (χ4v) is 4.69. The predicted octanol–water partition coefficient (Wildman–Crippen LogP) is 4.51.